The standard InChI is InChI=1S/C16H16N4O4/c1-8-12(21)6-5-11(14(8)23)15(17)19-16(18-2)10-4-3-9(20-24)7-13(10)22/h3-7,21-23H,1-2H3,(H2,17,18,19). The van der Waals surface area contributed by atoms with Gasteiger partial charge in [-0.3, -0.25) is 4.99 Å². The maximum atomic E-state index is 10.5. The highest BCUT2D eigenvalue weighted by Gasteiger charge is 2.14. The largest absolute Gasteiger partial charge is 0.508 e. The van der Waals surface area contributed by atoms with E-state index in [1.165, 1.54) is 44.3 Å². The first-order chi connectivity index (χ1) is 11.4. The zero-order valence-corrected chi connectivity index (χ0v) is 13.1. The Morgan fingerprint density at radius 2 is 1.71 bits per heavy atom. The van der Waals surface area contributed by atoms with Crippen LogP contribution in [0.5, 0.6) is 17.2 Å². The molecule has 0 aliphatic rings. The number of nitrogens with zero attached hydrogens (tertiary/aromatic N) is 3. The van der Waals surface area contributed by atoms with Crippen LogP contribution >= 0.6 is 0 Å². The lowest BCUT2D eigenvalue weighted by molar-refractivity contribution is 0.442. The third-order valence-electron chi connectivity index (χ3n) is 3.44. The lowest BCUT2D eigenvalue weighted by Gasteiger charge is -2.09. The van der Waals surface area contributed by atoms with E-state index in [1.807, 2.05) is 0 Å². The molecule has 0 fully saturated rings. The second kappa shape index (κ2) is 6.78. The lowest BCUT2D eigenvalue weighted by atomic mass is 10.1. The van der Waals surface area contributed by atoms with Crippen LogP contribution in [0.2, 0.25) is 0 Å². The number of benzene rings is 2. The van der Waals surface area contributed by atoms with Crippen LogP contribution in [-0.4, -0.2) is 34.0 Å². The molecule has 0 spiro atoms. The zero-order chi connectivity index (χ0) is 17.9. The molecule has 8 nitrogen and oxygen atoms in total. The first-order valence-corrected chi connectivity index (χ1v) is 6.88. The minimum atomic E-state index is -0.227. The van der Waals surface area contributed by atoms with Crippen molar-refractivity contribution in [3.05, 3.63) is 51.9 Å². The van der Waals surface area contributed by atoms with Crippen LogP contribution < -0.4 is 5.73 Å². The molecule has 2 aromatic rings. The molecule has 0 aromatic heterocycles. The highest BCUT2D eigenvalue weighted by molar-refractivity contribution is 6.13. The predicted octanol–water partition coefficient (Wildman–Crippen LogP) is 2.29. The van der Waals surface area contributed by atoms with Crippen LogP contribution in [0.25, 0.3) is 0 Å². The molecule has 0 aliphatic carbocycles. The molecule has 0 saturated heterocycles. The molecule has 0 saturated carbocycles. The normalized spacial score (nSPS) is 12.2. The van der Waals surface area contributed by atoms with Gasteiger partial charge < -0.3 is 21.1 Å². The minimum Gasteiger partial charge on any atom is -0.508 e. The van der Waals surface area contributed by atoms with E-state index in [2.05, 4.69) is 15.2 Å². The summed E-state index contributed by atoms with van der Waals surface area (Å²) in [4.78, 5) is 18.6. The van der Waals surface area contributed by atoms with E-state index in [1.54, 1.807) is 0 Å². The summed E-state index contributed by atoms with van der Waals surface area (Å²) in [5, 5.41) is 32.3. The summed E-state index contributed by atoms with van der Waals surface area (Å²) >= 11 is 0. The Bertz CT molecular complexity index is 859. The van der Waals surface area contributed by atoms with E-state index in [0.717, 1.165) is 0 Å². The van der Waals surface area contributed by atoms with E-state index in [-0.39, 0.29) is 51.3 Å². The van der Waals surface area contributed by atoms with Crippen LogP contribution in [0.4, 0.5) is 5.69 Å². The van der Waals surface area contributed by atoms with Gasteiger partial charge in [-0.15, -0.1) is 4.91 Å². The molecule has 0 amide bonds. The number of nitrogens with two attached hydrogens (primary N) is 1. The van der Waals surface area contributed by atoms with Gasteiger partial charge in [-0.2, -0.15) is 0 Å². The fourth-order valence-electron chi connectivity index (χ4n) is 2.07. The molecule has 5 N–H and O–H groups in total. The van der Waals surface area contributed by atoms with Crippen molar-refractivity contribution in [3.8, 4) is 17.2 Å². The fraction of sp³-hybridized carbons (Fsp3) is 0.125. The molecule has 0 atom stereocenters. The molecule has 0 heterocycles. The van der Waals surface area contributed by atoms with Crippen molar-refractivity contribution < 1.29 is 15.3 Å². The van der Waals surface area contributed by atoms with Crippen LogP contribution in [0.1, 0.15) is 16.7 Å². The topological polar surface area (TPSA) is 141 Å². The van der Waals surface area contributed by atoms with Gasteiger partial charge in [0.1, 0.15) is 28.8 Å². The Morgan fingerprint density at radius 1 is 1.04 bits per heavy atom. The van der Waals surface area contributed by atoms with Gasteiger partial charge in [-0.25, -0.2) is 4.99 Å². The number of rotatable bonds is 3. The Kier molecular flexibility index (Phi) is 4.78. The Balaban J connectivity index is 2.48. The third kappa shape index (κ3) is 3.17. The maximum Gasteiger partial charge on any atom is 0.160 e. The monoisotopic (exact) mass is 328 g/mol. The summed E-state index contributed by atoms with van der Waals surface area (Å²) in [6, 6.07) is 6.83. The molecule has 0 bridgehead atoms. The Hall–Kier alpha value is -3.42. The molecule has 124 valence electrons. The van der Waals surface area contributed by atoms with Crippen molar-refractivity contribution in [1.29, 1.82) is 0 Å². The molecule has 0 unspecified atom stereocenters. The number of phenols is 3. The first-order valence-electron chi connectivity index (χ1n) is 6.88. The molecule has 0 aliphatic heterocycles. The molecule has 2 aromatic carbocycles. The van der Waals surface area contributed by atoms with E-state index in [0.29, 0.717) is 0 Å². The van der Waals surface area contributed by atoms with Gasteiger partial charge in [0, 0.05) is 18.7 Å². The van der Waals surface area contributed by atoms with Gasteiger partial charge in [0.25, 0.3) is 0 Å². The van der Waals surface area contributed by atoms with E-state index >= 15 is 0 Å². The van der Waals surface area contributed by atoms with Gasteiger partial charge >= 0.3 is 0 Å². The van der Waals surface area contributed by atoms with E-state index in [4.69, 9.17) is 5.73 Å². The van der Waals surface area contributed by atoms with Crippen molar-refractivity contribution in [3.63, 3.8) is 0 Å². The number of aliphatic imine (C=N–C) groups is 2. The van der Waals surface area contributed by atoms with Crippen LogP contribution in [0.15, 0.2) is 45.5 Å². The SMILES string of the molecule is CN=C(N=C(N)c1ccc(O)c(C)c1O)c1ccc(N=O)cc1O. The number of amidine groups is 2. The highest BCUT2D eigenvalue weighted by atomic mass is 16.3. The molecular formula is C16H16N4O4. The molecular weight excluding hydrogens is 312 g/mol. The van der Waals surface area contributed by atoms with Crippen LogP contribution in [0.3, 0.4) is 0 Å². The Labute approximate surface area is 137 Å². The number of phenolic OH excluding ortho intramolecular Hbond substituents is 3. The first kappa shape index (κ1) is 16.9. The van der Waals surface area contributed by atoms with Gasteiger partial charge in [0.2, 0.25) is 0 Å². The van der Waals surface area contributed by atoms with Gasteiger partial charge in [-0.1, -0.05) is 0 Å². The number of hydrogen-bond donors (Lipinski definition) is 4. The van der Waals surface area contributed by atoms with Crippen LogP contribution in [0, 0.1) is 11.8 Å². The molecule has 8 heteroatoms. The quantitative estimate of drug-likeness (QED) is 0.388. The number of hydrogen-bond acceptors (Lipinski definition) is 6. The molecule has 2 rings (SSSR count). The van der Waals surface area contributed by atoms with Crippen molar-refractivity contribution in [2.45, 2.75) is 6.92 Å². The van der Waals surface area contributed by atoms with Crippen LogP contribution in [-0.2, 0) is 0 Å². The third-order valence-corrected chi connectivity index (χ3v) is 3.44. The van der Waals surface area contributed by atoms with Gasteiger partial charge in [0.15, 0.2) is 5.84 Å². The lowest BCUT2D eigenvalue weighted by Crippen LogP contribution is -2.17. The summed E-state index contributed by atoms with van der Waals surface area (Å²) < 4.78 is 0. The van der Waals surface area contributed by atoms with Crippen molar-refractivity contribution in [2.75, 3.05) is 7.05 Å². The second-order valence-electron chi connectivity index (χ2n) is 4.94. The zero-order valence-electron chi connectivity index (χ0n) is 13.1. The maximum absolute atomic E-state index is 10.5. The highest BCUT2D eigenvalue weighted by Crippen LogP contribution is 2.30. The van der Waals surface area contributed by atoms with Gasteiger partial charge in [-0.05, 0) is 36.4 Å². The Morgan fingerprint density at radius 3 is 2.29 bits per heavy atom. The predicted molar refractivity (Wildman–Crippen MR) is 91.3 cm³/mol. The minimum absolute atomic E-state index is 0.0480. The summed E-state index contributed by atoms with van der Waals surface area (Å²) in [5.74, 6) is -0.435. The summed E-state index contributed by atoms with van der Waals surface area (Å²) in [7, 11) is 1.46. The average Bonchev–Trinajstić information content (AvgIpc) is 2.57. The molecule has 0 radical (unpaired) electrons. The van der Waals surface area contributed by atoms with Gasteiger partial charge in [0.05, 0.1) is 11.1 Å². The fourth-order valence-corrected chi connectivity index (χ4v) is 2.07. The smallest absolute Gasteiger partial charge is 0.160 e. The molecule has 24 heavy (non-hydrogen) atoms. The average molecular weight is 328 g/mol. The number of aromatic hydroxyl groups is 3. The van der Waals surface area contributed by atoms with Crippen molar-refractivity contribution >= 4 is 17.4 Å². The summed E-state index contributed by atoms with van der Waals surface area (Å²) in [5.41, 5.74) is 6.72. The second-order valence-corrected chi connectivity index (χ2v) is 4.94. The van der Waals surface area contributed by atoms with Crippen molar-refractivity contribution in [2.24, 2.45) is 20.9 Å². The van der Waals surface area contributed by atoms with E-state index in [9.17, 15) is 20.2 Å². The summed E-state index contributed by atoms with van der Waals surface area (Å²) in [6.45, 7) is 1.53. The van der Waals surface area contributed by atoms with Crippen molar-refractivity contribution in [1.82, 2.24) is 0 Å². The summed E-state index contributed by atoms with van der Waals surface area (Å²) in [6.07, 6.45) is 0. The van der Waals surface area contributed by atoms with E-state index < -0.39 is 0 Å². The number of nitroso groups, excluding NO2 is 1.